The molecule has 0 unspecified atom stereocenters. The predicted octanol–water partition coefficient (Wildman–Crippen LogP) is 5.86. The van der Waals surface area contributed by atoms with E-state index < -0.39 is 14.9 Å². The third kappa shape index (κ3) is 7.52. The van der Waals surface area contributed by atoms with E-state index in [0.29, 0.717) is 11.3 Å². The van der Waals surface area contributed by atoms with Gasteiger partial charge in [-0.25, -0.2) is 8.42 Å². The topological polar surface area (TPSA) is 117 Å². The Morgan fingerprint density at radius 2 is 1.53 bits per heavy atom. The summed E-state index contributed by atoms with van der Waals surface area (Å²) in [6, 6.07) is 20.9. The molecule has 0 spiro atoms. The van der Waals surface area contributed by atoms with Gasteiger partial charge in [-0.2, -0.15) is 0 Å². The summed E-state index contributed by atoms with van der Waals surface area (Å²) in [5.41, 5.74) is 2.15. The average Bonchev–Trinajstić information content (AvgIpc) is 2.87. The first-order chi connectivity index (χ1) is 16.4. The summed E-state index contributed by atoms with van der Waals surface area (Å²) in [7, 11) is -4.03. The van der Waals surface area contributed by atoms with Crippen molar-refractivity contribution in [3.63, 3.8) is 0 Å². The molecule has 0 fully saturated rings. The molecular weight excluding hydrogens is 554 g/mol. The number of non-ortho nitro benzene ring substituents is 1. The second kappa shape index (κ2) is 13.3. The molecule has 0 radical (unpaired) electrons. The second-order valence-corrected chi connectivity index (χ2v) is 8.13. The van der Waals surface area contributed by atoms with Gasteiger partial charge in [-0.3, -0.25) is 20.1 Å². The molecule has 2 heterocycles. The normalized spacial score (nSPS) is 10.1. The van der Waals surface area contributed by atoms with Gasteiger partial charge < -0.3 is 4.72 Å². The maximum absolute atomic E-state index is 12.6. The largest absolute Gasteiger partial charge is 0.265 e. The Morgan fingerprint density at radius 3 is 2.03 bits per heavy atom. The molecule has 0 bridgehead atoms. The molecule has 0 N–H and O–H groups in total. The fourth-order valence-electron chi connectivity index (χ4n) is 2.81. The van der Waals surface area contributed by atoms with E-state index in [1.807, 2.05) is 37.3 Å². The van der Waals surface area contributed by atoms with E-state index >= 15 is 0 Å². The minimum Gasteiger partial charge on any atom is -0.265 e. The van der Waals surface area contributed by atoms with Crippen LogP contribution in [0.1, 0.15) is 5.56 Å². The number of halogens is 1. The average molecular weight is 573 g/mol. The molecule has 0 saturated heterocycles. The van der Waals surface area contributed by atoms with Crippen LogP contribution in [0, 0.1) is 17.0 Å². The van der Waals surface area contributed by atoms with E-state index in [-0.39, 0.29) is 16.3 Å². The summed E-state index contributed by atoms with van der Waals surface area (Å²) in [6.45, 7) is 1.85. The molecule has 0 aliphatic heterocycles. The summed E-state index contributed by atoms with van der Waals surface area (Å²) < 4.78 is 38.5. The number of pyridine rings is 2. The van der Waals surface area contributed by atoms with Gasteiger partial charge in [0.15, 0.2) is 0 Å². The van der Waals surface area contributed by atoms with E-state index in [1.165, 1.54) is 31.8 Å². The third-order valence-corrected chi connectivity index (χ3v) is 5.61. The van der Waals surface area contributed by atoms with Gasteiger partial charge in [0.2, 0.25) is 0 Å². The minimum absolute atomic E-state index is 0.114. The number of rotatable bonds is 5. The Kier molecular flexibility index (Phi) is 10.4. The molecule has 0 atom stereocenters. The monoisotopic (exact) mass is 572 g/mol. The van der Waals surface area contributed by atoms with Crippen LogP contribution in [0.5, 0.6) is 0 Å². The van der Waals surface area contributed by atoms with Crippen LogP contribution in [0.25, 0.3) is 16.0 Å². The molecule has 0 aliphatic rings. The fraction of sp³-hybridized carbons (Fsp3) is 0.0435. The molecular formula is C23H19FN4O4PdS. The van der Waals surface area contributed by atoms with E-state index in [0.717, 1.165) is 17.7 Å². The van der Waals surface area contributed by atoms with Gasteiger partial charge in [-0.1, -0.05) is 30.3 Å². The molecule has 0 aliphatic carbocycles. The SMILES string of the molecule is Cc1cccc([N-]S(=O)(=O)c2ccc([N+](=O)[O-])cc2)c1-c1ccccn1.[F][Pd+].c1ccncc1. The molecule has 0 saturated carbocycles. The van der Waals surface area contributed by atoms with Crippen molar-refractivity contribution < 1.29 is 36.3 Å². The number of benzene rings is 2. The standard InChI is InChI=1S/C18H14N3O4S.C5H5N.FH.Pd/c1-13-5-4-7-17(18(13)16-6-2-3-12-19-16)20-26(24,25)15-10-8-14(9-11-15)21(22)23;1-2-4-6-5-3-1;;/h2-12H,1H3;1-5H;1H;/q-1;;;+2/p-1. The van der Waals surface area contributed by atoms with Crippen molar-refractivity contribution in [1.82, 2.24) is 9.97 Å². The fourth-order valence-corrected chi connectivity index (χ4v) is 3.80. The van der Waals surface area contributed by atoms with Crippen molar-refractivity contribution >= 4 is 21.4 Å². The van der Waals surface area contributed by atoms with E-state index in [1.54, 1.807) is 42.9 Å². The quantitative estimate of drug-likeness (QED) is 0.168. The Balaban J connectivity index is 0.000000437. The number of nitrogens with zero attached hydrogens (tertiary/aromatic N) is 4. The van der Waals surface area contributed by atoms with Crippen LogP contribution < -0.4 is 0 Å². The van der Waals surface area contributed by atoms with Crippen LogP contribution in [-0.4, -0.2) is 23.3 Å². The molecule has 2 aromatic carbocycles. The van der Waals surface area contributed by atoms with Crippen LogP contribution in [0.3, 0.4) is 0 Å². The molecule has 2 aromatic heterocycles. The predicted molar refractivity (Wildman–Crippen MR) is 123 cm³/mol. The van der Waals surface area contributed by atoms with Crippen molar-refractivity contribution in [2.24, 2.45) is 0 Å². The Labute approximate surface area is 208 Å². The number of hydrogen-bond acceptors (Lipinski definition) is 6. The molecule has 178 valence electrons. The number of aryl methyl sites for hydroxylation is 1. The van der Waals surface area contributed by atoms with Crippen LogP contribution in [0.15, 0.2) is 102 Å². The van der Waals surface area contributed by atoms with Crippen molar-refractivity contribution in [2.45, 2.75) is 11.8 Å². The molecule has 4 aromatic rings. The Morgan fingerprint density at radius 1 is 0.882 bits per heavy atom. The van der Waals surface area contributed by atoms with E-state index in [2.05, 4.69) is 14.7 Å². The molecule has 8 nitrogen and oxygen atoms in total. The number of sulfonamides is 1. The van der Waals surface area contributed by atoms with Gasteiger partial charge in [-0.05, 0) is 54.4 Å². The molecule has 0 amide bonds. The minimum atomic E-state index is -4.03. The van der Waals surface area contributed by atoms with Gasteiger partial charge in [0.25, 0.3) is 5.69 Å². The van der Waals surface area contributed by atoms with Gasteiger partial charge in [-0.15, -0.1) is 5.69 Å². The van der Waals surface area contributed by atoms with Crippen LogP contribution in [0.2, 0.25) is 0 Å². The molecule has 34 heavy (non-hydrogen) atoms. The number of hydrogen-bond donors (Lipinski definition) is 0. The summed E-state index contributed by atoms with van der Waals surface area (Å²) in [5, 5.41) is 10.7. The number of nitro benzene ring substituents is 1. The van der Waals surface area contributed by atoms with Crippen molar-refractivity contribution in [3.05, 3.63) is 118 Å². The van der Waals surface area contributed by atoms with Crippen LogP contribution >= 0.6 is 0 Å². The first-order valence-corrected chi connectivity index (χ1v) is 11.6. The molecule has 11 heteroatoms. The first kappa shape index (κ1) is 26.7. The summed E-state index contributed by atoms with van der Waals surface area (Å²) in [4.78, 5) is 18.1. The second-order valence-electron chi connectivity index (χ2n) is 6.53. The van der Waals surface area contributed by atoms with Crippen molar-refractivity contribution in [1.29, 1.82) is 0 Å². The molecule has 4 rings (SSSR count). The zero-order chi connectivity index (χ0) is 25.0. The maximum atomic E-state index is 12.6. The van der Waals surface area contributed by atoms with Gasteiger partial charge in [0.05, 0.1) is 15.5 Å². The van der Waals surface area contributed by atoms with Crippen molar-refractivity contribution in [2.75, 3.05) is 0 Å². The maximum Gasteiger partial charge on any atom is 0.0267 e. The Hall–Kier alpha value is -3.52. The van der Waals surface area contributed by atoms with Crippen LogP contribution in [0.4, 0.5) is 14.6 Å². The smallest absolute Gasteiger partial charge is 0.0267 e. The zero-order valence-corrected chi connectivity index (χ0v) is 20.1. The van der Waals surface area contributed by atoms with Gasteiger partial charge in [0, 0.05) is 30.7 Å². The van der Waals surface area contributed by atoms with Gasteiger partial charge in [0.1, 0.15) is 10.0 Å². The van der Waals surface area contributed by atoms with Crippen LogP contribution in [-0.2, 0) is 29.7 Å². The summed E-state index contributed by atoms with van der Waals surface area (Å²) in [6.07, 6.45) is 5.12. The van der Waals surface area contributed by atoms with E-state index in [9.17, 15) is 21.8 Å². The van der Waals surface area contributed by atoms with Gasteiger partial charge >= 0.3 is 22.9 Å². The number of nitro groups is 1. The van der Waals surface area contributed by atoms with Crippen molar-refractivity contribution in [3.8, 4) is 11.3 Å². The summed E-state index contributed by atoms with van der Waals surface area (Å²) in [5.74, 6) is 0. The first-order valence-electron chi connectivity index (χ1n) is 9.59. The van der Waals surface area contributed by atoms with E-state index in [4.69, 9.17) is 0 Å². The zero-order valence-electron chi connectivity index (χ0n) is 17.8. The third-order valence-electron chi connectivity index (χ3n) is 4.30. The summed E-state index contributed by atoms with van der Waals surface area (Å²) >= 11 is 1.25. The Bertz CT molecular complexity index is 1270. The number of aromatic nitrogens is 2.